The summed E-state index contributed by atoms with van der Waals surface area (Å²) in [4.78, 5) is 27.2. The van der Waals surface area contributed by atoms with Crippen molar-refractivity contribution in [3.63, 3.8) is 0 Å². The Morgan fingerprint density at radius 1 is 1.33 bits per heavy atom. The lowest BCUT2D eigenvalue weighted by molar-refractivity contribution is -0.139. The third-order valence-electron chi connectivity index (χ3n) is 3.45. The number of nitrogens with zero attached hydrogens (tertiary/aromatic N) is 2. The minimum Gasteiger partial charge on any atom is -0.349 e. The molecule has 1 rings (SSSR count). The molecule has 0 aliphatic carbocycles. The molecular formula is C13H25N3O2. The van der Waals surface area contributed by atoms with Crippen LogP contribution in [-0.4, -0.2) is 54.8 Å². The summed E-state index contributed by atoms with van der Waals surface area (Å²) in [5.74, 6) is 0.429. The molecule has 2 amide bonds. The SMILES string of the molecule is CC(N)CCC(=O)N1CCC(C(=O)N(C)C)CC1. The predicted octanol–water partition coefficient (Wildman–Crippen LogP) is 0.441. The number of piperidine rings is 1. The molecule has 1 saturated heterocycles. The highest BCUT2D eigenvalue weighted by atomic mass is 16.2. The first kappa shape index (κ1) is 15.0. The van der Waals surface area contributed by atoms with Crippen molar-refractivity contribution in [2.24, 2.45) is 11.7 Å². The number of hydrogen-bond donors (Lipinski definition) is 1. The van der Waals surface area contributed by atoms with E-state index in [4.69, 9.17) is 5.73 Å². The van der Waals surface area contributed by atoms with E-state index < -0.39 is 0 Å². The highest BCUT2D eigenvalue weighted by Crippen LogP contribution is 2.19. The number of amides is 2. The topological polar surface area (TPSA) is 66.6 Å². The number of carbonyl (C=O) groups is 2. The summed E-state index contributed by atoms with van der Waals surface area (Å²) >= 11 is 0. The molecule has 0 radical (unpaired) electrons. The summed E-state index contributed by atoms with van der Waals surface area (Å²) < 4.78 is 0. The molecule has 18 heavy (non-hydrogen) atoms. The van der Waals surface area contributed by atoms with Gasteiger partial charge in [-0.05, 0) is 26.2 Å². The molecule has 0 aromatic carbocycles. The minimum atomic E-state index is 0.0711. The van der Waals surface area contributed by atoms with Crippen molar-refractivity contribution in [2.45, 2.75) is 38.6 Å². The normalized spacial score (nSPS) is 18.6. The average molecular weight is 255 g/mol. The molecule has 0 saturated carbocycles. The van der Waals surface area contributed by atoms with E-state index in [1.807, 2.05) is 11.8 Å². The third kappa shape index (κ3) is 4.29. The molecule has 1 heterocycles. The maximum absolute atomic E-state index is 11.9. The Labute approximate surface area is 109 Å². The fourth-order valence-corrected chi connectivity index (χ4v) is 2.25. The van der Waals surface area contributed by atoms with Crippen LogP contribution in [0.2, 0.25) is 0 Å². The summed E-state index contributed by atoms with van der Waals surface area (Å²) in [7, 11) is 3.56. The lowest BCUT2D eigenvalue weighted by atomic mass is 9.95. The zero-order valence-electron chi connectivity index (χ0n) is 11.7. The van der Waals surface area contributed by atoms with Crippen LogP contribution in [0.4, 0.5) is 0 Å². The van der Waals surface area contributed by atoms with Gasteiger partial charge < -0.3 is 15.5 Å². The van der Waals surface area contributed by atoms with Gasteiger partial charge in [0.1, 0.15) is 0 Å². The van der Waals surface area contributed by atoms with Crippen molar-refractivity contribution in [3.05, 3.63) is 0 Å². The monoisotopic (exact) mass is 255 g/mol. The fourth-order valence-electron chi connectivity index (χ4n) is 2.25. The molecule has 0 bridgehead atoms. The average Bonchev–Trinajstić information content (AvgIpc) is 2.35. The van der Waals surface area contributed by atoms with Crippen molar-refractivity contribution >= 4 is 11.8 Å². The van der Waals surface area contributed by atoms with Gasteiger partial charge in [0.25, 0.3) is 0 Å². The molecule has 5 nitrogen and oxygen atoms in total. The lowest BCUT2D eigenvalue weighted by Gasteiger charge is -2.32. The number of rotatable bonds is 4. The van der Waals surface area contributed by atoms with Crippen molar-refractivity contribution in [2.75, 3.05) is 27.2 Å². The van der Waals surface area contributed by atoms with Gasteiger partial charge in [0.15, 0.2) is 0 Å². The predicted molar refractivity (Wildman–Crippen MR) is 70.9 cm³/mol. The first-order valence-corrected chi connectivity index (χ1v) is 6.66. The van der Waals surface area contributed by atoms with E-state index in [-0.39, 0.29) is 23.8 Å². The number of nitrogens with two attached hydrogens (primary N) is 1. The van der Waals surface area contributed by atoms with Gasteiger partial charge in [-0.2, -0.15) is 0 Å². The molecular weight excluding hydrogens is 230 g/mol. The Bertz CT molecular complexity index is 295. The maximum Gasteiger partial charge on any atom is 0.225 e. The molecule has 1 unspecified atom stereocenters. The van der Waals surface area contributed by atoms with Gasteiger partial charge in [0, 0.05) is 45.6 Å². The van der Waals surface area contributed by atoms with E-state index in [0.717, 1.165) is 19.3 Å². The summed E-state index contributed by atoms with van der Waals surface area (Å²) in [5.41, 5.74) is 5.64. The standard InChI is InChI=1S/C13H25N3O2/c1-10(14)4-5-12(17)16-8-6-11(7-9-16)13(18)15(2)3/h10-11H,4-9,14H2,1-3H3. The van der Waals surface area contributed by atoms with Crippen LogP contribution in [0, 0.1) is 5.92 Å². The van der Waals surface area contributed by atoms with Crippen LogP contribution >= 0.6 is 0 Å². The molecule has 1 fully saturated rings. The zero-order chi connectivity index (χ0) is 13.7. The first-order valence-electron chi connectivity index (χ1n) is 6.66. The molecule has 1 aliphatic rings. The van der Waals surface area contributed by atoms with Crippen LogP contribution in [0.3, 0.4) is 0 Å². The van der Waals surface area contributed by atoms with Crippen LogP contribution in [-0.2, 0) is 9.59 Å². The molecule has 1 aliphatic heterocycles. The summed E-state index contributed by atoms with van der Waals surface area (Å²) in [5, 5.41) is 0. The largest absolute Gasteiger partial charge is 0.349 e. The number of carbonyl (C=O) groups excluding carboxylic acids is 2. The Morgan fingerprint density at radius 2 is 1.89 bits per heavy atom. The van der Waals surface area contributed by atoms with E-state index in [2.05, 4.69) is 0 Å². The summed E-state index contributed by atoms with van der Waals surface area (Å²) in [6, 6.07) is 0.0711. The van der Waals surface area contributed by atoms with E-state index in [9.17, 15) is 9.59 Å². The summed E-state index contributed by atoms with van der Waals surface area (Å²) in [6.45, 7) is 3.30. The van der Waals surface area contributed by atoms with Gasteiger partial charge in [-0.1, -0.05) is 0 Å². The maximum atomic E-state index is 11.9. The summed E-state index contributed by atoms with van der Waals surface area (Å²) in [6.07, 6.45) is 2.81. The van der Waals surface area contributed by atoms with Crippen molar-refractivity contribution in [3.8, 4) is 0 Å². The fraction of sp³-hybridized carbons (Fsp3) is 0.846. The van der Waals surface area contributed by atoms with Crippen LogP contribution in [0.5, 0.6) is 0 Å². The Hall–Kier alpha value is -1.10. The molecule has 5 heteroatoms. The van der Waals surface area contributed by atoms with E-state index >= 15 is 0 Å². The van der Waals surface area contributed by atoms with Crippen LogP contribution in [0.25, 0.3) is 0 Å². The number of likely N-dealkylation sites (tertiary alicyclic amines) is 1. The quantitative estimate of drug-likeness (QED) is 0.792. The third-order valence-corrected chi connectivity index (χ3v) is 3.45. The Kier molecular flexibility index (Phi) is 5.59. The zero-order valence-corrected chi connectivity index (χ0v) is 11.7. The second-order valence-electron chi connectivity index (χ2n) is 5.40. The van der Waals surface area contributed by atoms with Crippen molar-refractivity contribution in [1.29, 1.82) is 0 Å². The van der Waals surface area contributed by atoms with Crippen molar-refractivity contribution < 1.29 is 9.59 Å². The molecule has 0 spiro atoms. The van der Waals surface area contributed by atoms with Gasteiger partial charge in [0.05, 0.1) is 0 Å². The highest BCUT2D eigenvalue weighted by molar-refractivity contribution is 5.79. The second-order valence-corrected chi connectivity index (χ2v) is 5.40. The van der Waals surface area contributed by atoms with Gasteiger partial charge >= 0.3 is 0 Å². The highest BCUT2D eigenvalue weighted by Gasteiger charge is 2.27. The van der Waals surface area contributed by atoms with E-state index in [0.29, 0.717) is 19.5 Å². The van der Waals surface area contributed by atoms with Gasteiger partial charge in [0.2, 0.25) is 11.8 Å². The van der Waals surface area contributed by atoms with E-state index in [1.54, 1.807) is 19.0 Å². The van der Waals surface area contributed by atoms with Crippen LogP contribution in [0.1, 0.15) is 32.6 Å². The molecule has 2 N–H and O–H groups in total. The smallest absolute Gasteiger partial charge is 0.225 e. The first-order chi connectivity index (χ1) is 8.41. The number of hydrogen-bond acceptors (Lipinski definition) is 3. The van der Waals surface area contributed by atoms with Crippen LogP contribution < -0.4 is 5.73 Å². The van der Waals surface area contributed by atoms with Gasteiger partial charge in [-0.25, -0.2) is 0 Å². The van der Waals surface area contributed by atoms with Crippen LogP contribution in [0.15, 0.2) is 0 Å². The minimum absolute atomic E-state index is 0.0711. The Balaban J connectivity index is 2.35. The van der Waals surface area contributed by atoms with E-state index in [1.165, 1.54) is 0 Å². The molecule has 0 aromatic rings. The molecule has 104 valence electrons. The Morgan fingerprint density at radius 3 is 2.33 bits per heavy atom. The van der Waals surface area contributed by atoms with Gasteiger partial charge in [-0.15, -0.1) is 0 Å². The molecule has 0 aromatic heterocycles. The van der Waals surface area contributed by atoms with Crippen molar-refractivity contribution in [1.82, 2.24) is 9.80 Å². The van der Waals surface area contributed by atoms with Gasteiger partial charge in [-0.3, -0.25) is 9.59 Å². The molecule has 1 atom stereocenters. The lowest BCUT2D eigenvalue weighted by Crippen LogP contribution is -2.43. The second kappa shape index (κ2) is 6.73.